The lowest BCUT2D eigenvalue weighted by atomic mass is 9.95. The molecule has 6 nitrogen and oxygen atoms in total. The minimum atomic E-state index is -0.153. The molecular weight excluding hydrogens is 352 g/mol. The average Bonchev–Trinajstić information content (AvgIpc) is 2.68. The highest BCUT2D eigenvalue weighted by atomic mass is 35.5. The molecule has 2 heterocycles. The molecule has 1 N–H and O–H groups in total. The minimum absolute atomic E-state index is 0. The van der Waals surface area contributed by atoms with Gasteiger partial charge in [0.2, 0.25) is 5.91 Å². The lowest BCUT2D eigenvalue weighted by molar-refractivity contribution is -0.135. The lowest BCUT2D eigenvalue weighted by Crippen LogP contribution is -2.57. The number of halogens is 1. The number of carbonyl (C=O) groups is 2. The fraction of sp³-hybridized carbons (Fsp3) is 0.579. The molecule has 0 aromatic heterocycles. The standard InChI is InChI=1S/C19H28N4O2.ClH/c1-3-21(4-2)19(25)23-11-9-22(10-12-23)18(24)17-13-15-7-5-6-8-16(15)14-20-17;/h5-8,17,20H,3-4,9-14H2,1-2H3;1H. The summed E-state index contributed by atoms with van der Waals surface area (Å²) >= 11 is 0. The average molecular weight is 381 g/mol. The summed E-state index contributed by atoms with van der Waals surface area (Å²) in [6.45, 7) is 8.64. The monoisotopic (exact) mass is 380 g/mol. The van der Waals surface area contributed by atoms with Crippen LogP contribution in [0.15, 0.2) is 24.3 Å². The topological polar surface area (TPSA) is 55.9 Å². The van der Waals surface area contributed by atoms with Crippen molar-refractivity contribution in [2.45, 2.75) is 32.9 Å². The van der Waals surface area contributed by atoms with E-state index in [2.05, 4.69) is 17.4 Å². The first-order chi connectivity index (χ1) is 12.1. The van der Waals surface area contributed by atoms with Gasteiger partial charge in [-0.3, -0.25) is 4.79 Å². The maximum Gasteiger partial charge on any atom is 0.320 e. The Morgan fingerprint density at radius 1 is 1.04 bits per heavy atom. The van der Waals surface area contributed by atoms with Crippen LogP contribution in [0.4, 0.5) is 4.79 Å². The van der Waals surface area contributed by atoms with Crippen LogP contribution in [0.3, 0.4) is 0 Å². The van der Waals surface area contributed by atoms with Crippen LogP contribution >= 0.6 is 12.4 Å². The third-order valence-corrected chi connectivity index (χ3v) is 5.28. The van der Waals surface area contributed by atoms with E-state index >= 15 is 0 Å². The highest BCUT2D eigenvalue weighted by Gasteiger charge is 2.31. The van der Waals surface area contributed by atoms with E-state index in [4.69, 9.17) is 0 Å². The summed E-state index contributed by atoms with van der Waals surface area (Å²) in [6, 6.07) is 8.22. The van der Waals surface area contributed by atoms with E-state index in [1.54, 1.807) is 0 Å². The number of amides is 3. The van der Waals surface area contributed by atoms with E-state index in [9.17, 15) is 9.59 Å². The summed E-state index contributed by atoms with van der Waals surface area (Å²) < 4.78 is 0. The zero-order valence-electron chi connectivity index (χ0n) is 15.6. The molecule has 0 radical (unpaired) electrons. The van der Waals surface area contributed by atoms with Crippen LogP contribution in [-0.2, 0) is 17.8 Å². The van der Waals surface area contributed by atoms with E-state index in [-0.39, 0.29) is 30.4 Å². The molecule has 0 bridgehead atoms. The van der Waals surface area contributed by atoms with Crippen molar-refractivity contribution in [3.8, 4) is 0 Å². The van der Waals surface area contributed by atoms with Crippen LogP contribution in [0.2, 0.25) is 0 Å². The Morgan fingerprint density at radius 3 is 2.23 bits per heavy atom. The molecule has 1 atom stereocenters. The molecule has 7 heteroatoms. The number of piperazine rings is 1. The second-order valence-corrected chi connectivity index (χ2v) is 6.67. The van der Waals surface area contributed by atoms with Gasteiger partial charge in [-0.1, -0.05) is 24.3 Å². The maximum atomic E-state index is 12.8. The van der Waals surface area contributed by atoms with Gasteiger partial charge in [0.15, 0.2) is 0 Å². The first-order valence-electron chi connectivity index (χ1n) is 9.26. The van der Waals surface area contributed by atoms with Gasteiger partial charge < -0.3 is 20.0 Å². The normalized spacial score (nSPS) is 19.4. The van der Waals surface area contributed by atoms with Gasteiger partial charge in [-0.25, -0.2) is 4.79 Å². The number of carbonyl (C=O) groups excluding carboxylic acids is 2. The molecule has 26 heavy (non-hydrogen) atoms. The zero-order valence-corrected chi connectivity index (χ0v) is 16.4. The fourth-order valence-electron chi connectivity index (χ4n) is 3.66. The van der Waals surface area contributed by atoms with Crippen LogP contribution in [0.5, 0.6) is 0 Å². The van der Waals surface area contributed by atoms with E-state index in [1.807, 2.05) is 40.7 Å². The molecule has 1 aromatic carbocycles. The van der Waals surface area contributed by atoms with Crippen LogP contribution in [-0.4, -0.2) is 71.9 Å². The third-order valence-electron chi connectivity index (χ3n) is 5.28. The van der Waals surface area contributed by atoms with Gasteiger partial charge in [0, 0.05) is 45.8 Å². The highest BCUT2D eigenvalue weighted by molar-refractivity contribution is 5.85. The van der Waals surface area contributed by atoms with Gasteiger partial charge in [-0.2, -0.15) is 0 Å². The van der Waals surface area contributed by atoms with Gasteiger partial charge in [-0.05, 0) is 31.4 Å². The summed E-state index contributed by atoms with van der Waals surface area (Å²) in [6.07, 6.45) is 0.744. The van der Waals surface area contributed by atoms with Crippen LogP contribution in [0, 0.1) is 0 Å². The van der Waals surface area contributed by atoms with E-state index < -0.39 is 0 Å². The summed E-state index contributed by atoms with van der Waals surface area (Å²) in [5.74, 6) is 0.157. The number of urea groups is 1. The quantitative estimate of drug-likeness (QED) is 0.868. The van der Waals surface area contributed by atoms with Crippen LogP contribution in [0.25, 0.3) is 0 Å². The van der Waals surface area contributed by atoms with E-state index in [0.29, 0.717) is 26.2 Å². The number of hydrogen-bond donors (Lipinski definition) is 1. The Hall–Kier alpha value is -1.79. The largest absolute Gasteiger partial charge is 0.338 e. The predicted octanol–water partition coefficient (Wildman–Crippen LogP) is 1.73. The first kappa shape index (κ1) is 20.5. The molecule has 3 rings (SSSR count). The molecule has 1 fully saturated rings. The summed E-state index contributed by atoms with van der Waals surface area (Å²) in [5.41, 5.74) is 2.54. The molecule has 2 aliphatic heterocycles. The van der Waals surface area contributed by atoms with Crippen LogP contribution in [0.1, 0.15) is 25.0 Å². The third kappa shape index (κ3) is 4.30. The van der Waals surface area contributed by atoms with Crippen LogP contribution < -0.4 is 5.32 Å². The Balaban J connectivity index is 0.00000243. The number of benzene rings is 1. The molecular formula is C19H29ClN4O2. The van der Waals surface area contributed by atoms with E-state index in [0.717, 1.165) is 26.1 Å². The molecule has 144 valence electrons. The summed E-state index contributed by atoms with van der Waals surface area (Å²) in [7, 11) is 0. The Bertz CT molecular complexity index is 628. The van der Waals surface area contributed by atoms with Crippen molar-refractivity contribution >= 4 is 24.3 Å². The van der Waals surface area contributed by atoms with Gasteiger partial charge in [0.05, 0.1) is 6.04 Å². The van der Waals surface area contributed by atoms with Gasteiger partial charge in [0.25, 0.3) is 0 Å². The van der Waals surface area contributed by atoms with Crippen molar-refractivity contribution in [1.29, 1.82) is 0 Å². The molecule has 0 spiro atoms. The number of rotatable bonds is 3. The Labute approximate surface area is 161 Å². The summed E-state index contributed by atoms with van der Waals surface area (Å²) in [5, 5.41) is 3.36. The van der Waals surface area contributed by atoms with E-state index in [1.165, 1.54) is 11.1 Å². The van der Waals surface area contributed by atoms with Gasteiger partial charge in [-0.15, -0.1) is 12.4 Å². The van der Waals surface area contributed by atoms with Gasteiger partial charge >= 0.3 is 6.03 Å². The van der Waals surface area contributed by atoms with Crippen molar-refractivity contribution < 1.29 is 9.59 Å². The van der Waals surface area contributed by atoms with Crippen molar-refractivity contribution in [2.24, 2.45) is 0 Å². The second kappa shape index (κ2) is 9.24. The zero-order chi connectivity index (χ0) is 17.8. The molecule has 0 aliphatic carbocycles. The molecule has 3 amide bonds. The second-order valence-electron chi connectivity index (χ2n) is 6.67. The van der Waals surface area contributed by atoms with Gasteiger partial charge in [0.1, 0.15) is 0 Å². The smallest absolute Gasteiger partial charge is 0.320 e. The fourth-order valence-corrected chi connectivity index (χ4v) is 3.66. The van der Waals surface area contributed by atoms with Crippen molar-refractivity contribution in [3.63, 3.8) is 0 Å². The SMILES string of the molecule is CCN(CC)C(=O)N1CCN(C(=O)C2Cc3ccccc3CN2)CC1.Cl. The van der Waals surface area contributed by atoms with Crippen molar-refractivity contribution in [3.05, 3.63) is 35.4 Å². The first-order valence-corrected chi connectivity index (χ1v) is 9.26. The molecule has 0 saturated carbocycles. The Kier molecular flexibility index (Phi) is 7.29. The summed E-state index contributed by atoms with van der Waals surface area (Å²) in [4.78, 5) is 30.8. The molecule has 1 aromatic rings. The maximum absolute atomic E-state index is 12.8. The van der Waals surface area contributed by atoms with Crippen molar-refractivity contribution in [2.75, 3.05) is 39.3 Å². The molecule has 2 aliphatic rings. The predicted molar refractivity (Wildman–Crippen MR) is 104 cm³/mol. The number of hydrogen-bond acceptors (Lipinski definition) is 3. The Morgan fingerprint density at radius 2 is 1.62 bits per heavy atom. The highest BCUT2D eigenvalue weighted by Crippen LogP contribution is 2.18. The number of fused-ring (bicyclic) bond motifs is 1. The van der Waals surface area contributed by atoms with Crippen molar-refractivity contribution in [1.82, 2.24) is 20.0 Å². The number of nitrogens with one attached hydrogen (secondary N) is 1. The molecule has 1 saturated heterocycles. The lowest BCUT2D eigenvalue weighted by Gasteiger charge is -2.39. The number of nitrogens with zero attached hydrogens (tertiary/aromatic N) is 3. The molecule has 1 unspecified atom stereocenters. The minimum Gasteiger partial charge on any atom is -0.338 e.